The van der Waals surface area contributed by atoms with Crippen LogP contribution in [0.5, 0.6) is 0 Å². The summed E-state index contributed by atoms with van der Waals surface area (Å²) in [6, 6.07) is 0. The Balaban J connectivity index is 0. The summed E-state index contributed by atoms with van der Waals surface area (Å²) >= 11 is 0. The summed E-state index contributed by atoms with van der Waals surface area (Å²) in [5.74, 6) is -0.201. The van der Waals surface area contributed by atoms with Crippen molar-refractivity contribution in [2.75, 3.05) is 5.75 Å². The van der Waals surface area contributed by atoms with Gasteiger partial charge in [0, 0.05) is 16.8 Å². The summed E-state index contributed by atoms with van der Waals surface area (Å²) < 4.78 is 26.9. The summed E-state index contributed by atoms with van der Waals surface area (Å²) in [5.41, 5.74) is 0. The van der Waals surface area contributed by atoms with E-state index in [1.165, 1.54) is 6.92 Å². The van der Waals surface area contributed by atoms with Crippen LogP contribution in [-0.4, -0.2) is 18.7 Å². The zero-order valence-electron chi connectivity index (χ0n) is 3.71. The van der Waals surface area contributed by atoms with Crippen molar-refractivity contribution < 1.29 is 29.7 Å². The summed E-state index contributed by atoms with van der Waals surface area (Å²) in [4.78, 5) is 0. The molecule has 0 aromatic carbocycles. The molecule has 0 aliphatic rings. The van der Waals surface area contributed by atoms with E-state index in [9.17, 15) is 8.42 Å². The molecule has 0 aliphatic carbocycles. The van der Waals surface area contributed by atoms with Crippen LogP contribution >= 0.6 is 0 Å². The minimum atomic E-state index is -3.66. The molecule has 3 nitrogen and oxygen atoms in total. The van der Waals surface area contributed by atoms with Gasteiger partial charge in [0.25, 0.3) is 10.1 Å². The van der Waals surface area contributed by atoms with Gasteiger partial charge in [-0.2, -0.15) is 8.42 Å². The van der Waals surface area contributed by atoms with Crippen LogP contribution in [0, 0.1) is 0 Å². The molecule has 0 spiro atoms. The first-order chi connectivity index (χ1) is 2.56. The van der Waals surface area contributed by atoms with Crippen LogP contribution in [-0.2, 0) is 26.9 Å². The van der Waals surface area contributed by atoms with Gasteiger partial charge in [-0.3, -0.25) is 4.55 Å². The van der Waals surface area contributed by atoms with E-state index >= 15 is 0 Å². The molecule has 0 aromatic heterocycles. The van der Waals surface area contributed by atoms with Gasteiger partial charge in [-0.05, 0) is 6.92 Å². The van der Waals surface area contributed by atoms with Crippen LogP contribution in [0.3, 0.4) is 0 Å². The molecule has 0 aliphatic heterocycles. The van der Waals surface area contributed by atoms with Crippen molar-refractivity contribution in [3.63, 3.8) is 0 Å². The summed E-state index contributed by atoms with van der Waals surface area (Å²) in [5, 5.41) is 0. The van der Waals surface area contributed by atoms with Crippen LogP contribution in [0.1, 0.15) is 6.92 Å². The molecule has 0 saturated heterocycles. The third-order valence-corrected chi connectivity index (χ3v) is 1.09. The van der Waals surface area contributed by atoms with E-state index in [2.05, 4.69) is 0 Å². The van der Waals surface area contributed by atoms with Crippen molar-refractivity contribution in [2.45, 2.75) is 6.92 Å². The molecule has 7 heavy (non-hydrogen) atoms. The van der Waals surface area contributed by atoms with E-state index in [0.717, 1.165) is 0 Å². The molecular weight excluding hydrogens is 163 g/mol. The molecule has 0 unspecified atom stereocenters. The second-order valence-electron chi connectivity index (χ2n) is 0.871. The van der Waals surface area contributed by atoms with Crippen molar-refractivity contribution in [2.24, 2.45) is 0 Å². The van der Waals surface area contributed by atoms with Gasteiger partial charge in [0.15, 0.2) is 0 Å². The van der Waals surface area contributed by atoms with E-state index in [0.29, 0.717) is 0 Å². The van der Waals surface area contributed by atoms with Crippen LogP contribution in [0.15, 0.2) is 0 Å². The molecule has 0 amide bonds. The normalized spacial score (nSPS) is 10.0. The molecule has 1 N–H and O–H groups in total. The Morgan fingerprint density at radius 1 is 1.57 bits per heavy atom. The molecule has 0 bridgehead atoms. The smallest absolute Gasteiger partial charge is 0.264 e. The maximum absolute atomic E-state index is 9.56. The Kier molecular flexibility index (Phi) is 5.09. The van der Waals surface area contributed by atoms with Gasteiger partial charge in [-0.15, -0.1) is 0 Å². The quantitative estimate of drug-likeness (QED) is 0.557. The second kappa shape index (κ2) is 3.42. The van der Waals surface area contributed by atoms with E-state index in [4.69, 9.17) is 4.55 Å². The predicted molar refractivity (Wildman–Crippen MR) is 22.1 cm³/mol. The molecule has 0 aromatic rings. The molecule has 0 saturated carbocycles. The van der Waals surface area contributed by atoms with Gasteiger partial charge in [0.05, 0.1) is 5.75 Å². The Morgan fingerprint density at radius 2 is 1.71 bits per heavy atom. The minimum Gasteiger partial charge on any atom is -0.286 e. The Bertz CT molecular complexity index is 115. The maximum Gasteiger partial charge on any atom is 0.264 e. The van der Waals surface area contributed by atoms with Crippen molar-refractivity contribution in [1.82, 2.24) is 0 Å². The summed E-state index contributed by atoms with van der Waals surface area (Å²) in [7, 11) is -3.66. The summed E-state index contributed by atoms with van der Waals surface area (Å²) in [6.45, 7) is 1.37. The fraction of sp³-hybridized carbons (Fsp3) is 1.00. The SMILES string of the molecule is CCS(=O)(=O)O.[Co]. The Morgan fingerprint density at radius 3 is 1.71 bits per heavy atom. The molecule has 47 valence electrons. The van der Waals surface area contributed by atoms with Crippen LogP contribution < -0.4 is 0 Å². The van der Waals surface area contributed by atoms with Gasteiger partial charge >= 0.3 is 0 Å². The van der Waals surface area contributed by atoms with Crippen LogP contribution in [0.25, 0.3) is 0 Å². The molecule has 0 fully saturated rings. The van der Waals surface area contributed by atoms with Crippen molar-refractivity contribution >= 4 is 10.1 Å². The fourth-order valence-corrected chi connectivity index (χ4v) is 0. The first-order valence-electron chi connectivity index (χ1n) is 1.51. The average Bonchev–Trinajstić information content (AvgIpc) is 1.35. The Hall–Kier alpha value is 0.416. The first-order valence-corrected chi connectivity index (χ1v) is 3.12. The number of rotatable bonds is 1. The monoisotopic (exact) mass is 169 g/mol. The first kappa shape index (κ1) is 10.4. The van der Waals surface area contributed by atoms with Gasteiger partial charge in [-0.1, -0.05) is 0 Å². The van der Waals surface area contributed by atoms with Crippen LogP contribution in [0.2, 0.25) is 0 Å². The van der Waals surface area contributed by atoms with E-state index in [1.54, 1.807) is 0 Å². The second-order valence-corrected chi connectivity index (χ2v) is 2.61. The molecule has 5 heteroatoms. The zero-order chi connectivity index (χ0) is 5.21. The summed E-state index contributed by atoms with van der Waals surface area (Å²) in [6.07, 6.45) is 0. The van der Waals surface area contributed by atoms with Gasteiger partial charge < -0.3 is 0 Å². The predicted octanol–water partition coefficient (Wildman–Crippen LogP) is -0.108. The van der Waals surface area contributed by atoms with Crippen LogP contribution in [0.4, 0.5) is 0 Å². The zero-order valence-corrected chi connectivity index (χ0v) is 5.57. The van der Waals surface area contributed by atoms with Gasteiger partial charge in [0.2, 0.25) is 0 Å². The standard InChI is InChI=1S/C2H6O3S.Co/c1-2-6(3,4)5;/h2H2,1H3,(H,3,4,5);. The largest absolute Gasteiger partial charge is 0.286 e. The van der Waals surface area contributed by atoms with E-state index in [1.807, 2.05) is 0 Å². The van der Waals surface area contributed by atoms with E-state index in [-0.39, 0.29) is 22.5 Å². The molecule has 0 heterocycles. The van der Waals surface area contributed by atoms with Crippen molar-refractivity contribution in [3.8, 4) is 0 Å². The number of hydrogen-bond acceptors (Lipinski definition) is 2. The molecule has 0 atom stereocenters. The van der Waals surface area contributed by atoms with Gasteiger partial charge in [-0.25, -0.2) is 0 Å². The van der Waals surface area contributed by atoms with Gasteiger partial charge in [0.1, 0.15) is 0 Å². The third kappa shape index (κ3) is 10.7. The number of hydrogen-bond donors (Lipinski definition) is 1. The third-order valence-electron chi connectivity index (χ3n) is 0.365. The molecule has 1 radical (unpaired) electrons. The van der Waals surface area contributed by atoms with E-state index < -0.39 is 10.1 Å². The average molecular weight is 169 g/mol. The van der Waals surface area contributed by atoms with Crippen molar-refractivity contribution in [1.29, 1.82) is 0 Å². The molecular formula is C2H6CoO3S. The minimum absolute atomic E-state index is 0. The topological polar surface area (TPSA) is 54.4 Å². The Labute approximate surface area is 53.1 Å². The molecule has 0 rings (SSSR count). The fourth-order valence-electron chi connectivity index (χ4n) is 0. The van der Waals surface area contributed by atoms with Crippen molar-refractivity contribution in [3.05, 3.63) is 0 Å². The maximum atomic E-state index is 9.56.